The van der Waals surface area contributed by atoms with Crippen LogP contribution in [0.1, 0.15) is 31.0 Å². The van der Waals surface area contributed by atoms with Gasteiger partial charge in [-0.25, -0.2) is 4.98 Å². The highest BCUT2D eigenvalue weighted by Crippen LogP contribution is 2.27. The highest BCUT2D eigenvalue weighted by atomic mass is 127. The van der Waals surface area contributed by atoms with Gasteiger partial charge in [-0.2, -0.15) is 0 Å². The van der Waals surface area contributed by atoms with Crippen molar-refractivity contribution in [1.82, 2.24) is 4.98 Å². The maximum absolute atomic E-state index is 5.92. The molecule has 100 valence electrons. The lowest BCUT2D eigenvalue weighted by Gasteiger charge is -2.11. The van der Waals surface area contributed by atoms with E-state index in [-0.39, 0.29) is 0 Å². The van der Waals surface area contributed by atoms with E-state index in [1.54, 1.807) is 0 Å². The molecule has 0 aliphatic rings. The SMILES string of the molecule is CC(C)c1cc(CCl)cc(Oc2ccccc2I)n1. The van der Waals surface area contributed by atoms with Crippen LogP contribution in [-0.4, -0.2) is 4.98 Å². The molecule has 0 spiro atoms. The molecule has 0 fully saturated rings. The number of rotatable bonds is 4. The largest absolute Gasteiger partial charge is 0.438 e. The Balaban J connectivity index is 2.34. The van der Waals surface area contributed by atoms with Crippen molar-refractivity contribution in [2.45, 2.75) is 25.6 Å². The minimum absolute atomic E-state index is 0.348. The number of benzene rings is 1. The van der Waals surface area contributed by atoms with E-state index in [4.69, 9.17) is 16.3 Å². The van der Waals surface area contributed by atoms with Gasteiger partial charge in [0.1, 0.15) is 5.75 Å². The number of pyridine rings is 1. The summed E-state index contributed by atoms with van der Waals surface area (Å²) in [5.74, 6) is 2.23. The van der Waals surface area contributed by atoms with Crippen LogP contribution < -0.4 is 4.74 Å². The van der Waals surface area contributed by atoms with Gasteiger partial charge in [-0.1, -0.05) is 26.0 Å². The van der Waals surface area contributed by atoms with Crippen LogP contribution in [0.15, 0.2) is 36.4 Å². The van der Waals surface area contributed by atoms with Crippen LogP contribution in [0.3, 0.4) is 0 Å². The molecule has 0 bridgehead atoms. The summed E-state index contributed by atoms with van der Waals surface area (Å²) in [6.07, 6.45) is 0. The van der Waals surface area contributed by atoms with Crippen LogP contribution in [0.2, 0.25) is 0 Å². The molecule has 2 nitrogen and oxygen atoms in total. The predicted molar refractivity (Wildman–Crippen MR) is 87.1 cm³/mol. The summed E-state index contributed by atoms with van der Waals surface area (Å²) >= 11 is 8.17. The second kappa shape index (κ2) is 6.57. The van der Waals surface area contributed by atoms with Crippen molar-refractivity contribution < 1.29 is 4.74 Å². The van der Waals surface area contributed by atoms with Crippen molar-refractivity contribution in [2.24, 2.45) is 0 Å². The fourth-order valence-electron chi connectivity index (χ4n) is 1.65. The van der Waals surface area contributed by atoms with Gasteiger partial charge in [0.05, 0.1) is 3.57 Å². The highest BCUT2D eigenvalue weighted by molar-refractivity contribution is 14.1. The number of para-hydroxylation sites is 1. The van der Waals surface area contributed by atoms with Crippen LogP contribution in [0.4, 0.5) is 0 Å². The molecule has 0 unspecified atom stereocenters. The fourth-order valence-corrected chi connectivity index (χ4v) is 2.30. The van der Waals surface area contributed by atoms with E-state index in [0.717, 1.165) is 20.6 Å². The Morgan fingerprint density at radius 2 is 2.00 bits per heavy atom. The topological polar surface area (TPSA) is 22.1 Å². The van der Waals surface area contributed by atoms with E-state index in [9.17, 15) is 0 Å². The summed E-state index contributed by atoms with van der Waals surface area (Å²) in [7, 11) is 0. The zero-order chi connectivity index (χ0) is 13.8. The van der Waals surface area contributed by atoms with Crippen LogP contribution >= 0.6 is 34.2 Å². The molecule has 0 amide bonds. The van der Waals surface area contributed by atoms with Gasteiger partial charge in [0, 0.05) is 17.6 Å². The number of nitrogens with zero attached hydrogens (tertiary/aromatic N) is 1. The quantitative estimate of drug-likeness (QED) is 0.522. The van der Waals surface area contributed by atoms with E-state index in [1.165, 1.54) is 0 Å². The molecule has 0 aliphatic heterocycles. The Morgan fingerprint density at radius 3 is 2.63 bits per heavy atom. The van der Waals surface area contributed by atoms with E-state index in [2.05, 4.69) is 41.4 Å². The third-order valence-corrected chi connectivity index (χ3v) is 3.88. The van der Waals surface area contributed by atoms with E-state index < -0.39 is 0 Å². The third-order valence-electron chi connectivity index (χ3n) is 2.68. The molecule has 2 aromatic rings. The first-order valence-electron chi connectivity index (χ1n) is 6.09. The summed E-state index contributed by atoms with van der Waals surface area (Å²) < 4.78 is 6.92. The smallest absolute Gasteiger partial charge is 0.219 e. The molecule has 1 aromatic carbocycles. The second-order valence-electron chi connectivity index (χ2n) is 4.56. The normalized spacial score (nSPS) is 10.8. The van der Waals surface area contributed by atoms with Crippen LogP contribution in [0, 0.1) is 3.57 Å². The van der Waals surface area contributed by atoms with Gasteiger partial charge in [0.2, 0.25) is 5.88 Å². The molecule has 4 heteroatoms. The number of ether oxygens (including phenoxy) is 1. The zero-order valence-electron chi connectivity index (χ0n) is 10.9. The van der Waals surface area contributed by atoms with Crippen molar-refractivity contribution >= 4 is 34.2 Å². The molecule has 2 rings (SSSR count). The molecule has 0 saturated carbocycles. The molecular weight excluding hydrogens is 373 g/mol. The monoisotopic (exact) mass is 387 g/mol. The molecule has 1 heterocycles. The molecule has 19 heavy (non-hydrogen) atoms. The number of hydrogen-bond acceptors (Lipinski definition) is 2. The van der Waals surface area contributed by atoms with Crippen molar-refractivity contribution in [1.29, 1.82) is 0 Å². The minimum Gasteiger partial charge on any atom is -0.438 e. The van der Waals surface area contributed by atoms with Crippen molar-refractivity contribution in [3.8, 4) is 11.6 Å². The number of hydrogen-bond donors (Lipinski definition) is 0. The van der Waals surface area contributed by atoms with Gasteiger partial charge < -0.3 is 4.74 Å². The average Bonchev–Trinajstić information content (AvgIpc) is 2.41. The third kappa shape index (κ3) is 3.83. The van der Waals surface area contributed by atoms with Crippen LogP contribution in [0.25, 0.3) is 0 Å². The van der Waals surface area contributed by atoms with Crippen molar-refractivity contribution in [2.75, 3.05) is 0 Å². The lowest BCUT2D eigenvalue weighted by Crippen LogP contribution is -1.98. The molecule has 0 atom stereocenters. The molecule has 0 saturated heterocycles. The molecule has 0 radical (unpaired) electrons. The first kappa shape index (κ1) is 14.6. The van der Waals surface area contributed by atoms with Gasteiger partial charge in [-0.05, 0) is 52.3 Å². The zero-order valence-corrected chi connectivity index (χ0v) is 13.8. The second-order valence-corrected chi connectivity index (χ2v) is 5.99. The van der Waals surface area contributed by atoms with Crippen molar-refractivity contribution in [3.63, 3.8) is 0 Å². The van der Waals surface area contributed by atoms with E-state index >= 15 is 0 Å². The molecule has 0 N–H and O–H groups in total. The van der Waals surface area contributed by atoms with Gasteiger partial charge in [-0.15, -0.1) is 11.6 Å². The summed E-state index contributed by atoms with van der Waals surface area (Å²) in [5, 5.41) is 0. The minimum atomic E-state index is 0.348. The maximum Gasteiger partial charge on any atom is 0.219 e. The van der Waals surface area contributed by atoms with Crippen LogP contribution in [0.5, 0.6) is 11.6 Å². The van der Waals surface area contributed by atoms with E-state index in [1.807, 2.05) is 36.4 Å². The van der Waals surface area contributed by atoms with Crippen LogP contribution in [-0.2, 0) is 5.88 Å². The summed E-state index contributed by atoms with van der Waals surface area (Å²) in [6.45, 7) is 4.22. The Morgan fingerprint density at radius 1 is 1.26 bits per heavy atom. The van der Waals surface area contributed by atoms with Gasteiger partial charge in [-0.3, -0.25) is 0 Å². The number of halogens is 2. The Kier molecular flexibility index (Phi) is 5.05. The summed E-state index contributed by atoms with van der Waals surface area (Å²) in [5.41, 5.74) is 2.03. The predicted octanol–water partition coefficient (Wildman–Crippen LogP) is 5.34. The van der Waals surface area contributed by atoms with Gasteiger partial charge in [0.15, 0.2) is 0 Å². The lowest BCUT2D eigenvalue weighted by molar-refractivity contribution is 0.456. The number of alkyl halides is 1. The Labute approximate surface area is 132 Å². The van der Waals surface area contributed by atoms with Gasteiger partial charge in [0.25, 0.3) is 0 Å². The standard InChI is InChI=1S/C15H15ClINO/c1-10(2)13-7-11(9-16)8-15(18-13)19-14-6-4-3-5-12(14)17/h3-8,10H,9H2,1-2H3. The summed E-state index contributed by atoms with van der Waals surface area (Å²) in [4.78, 5) is 4.53. The first-order chi connectivity index (χ1) is 9.10. The van der Waals surface area contributed by atoms with Crippen molar-refractivity contribution in [3.05, 3.63) is 51.2 Å². The Bertz CT molecular complexity index is 572. The number of aromatic nitrogens is 1. The summed E-state index contributed by atoms with van der Waals surface area (Å²) in [6, 6.07) is 11.8. The molecular formula is C15H15ClINO. The average molecular weight is 388 g/mol. The lowest BCUT2D eigenvalue weighted by atomic mass is 10.1. The highest BCUT2D eigenvalue weighted by Gasteiger charge is 2.09. The maximum atomic E-state index is 5.92. The van der Waals surface area contributed by atoms with E-state index in [0.29, 0.717) is 17.7 Å². The molecule has 0 aliphatic carbocycles. The first-order valence-corrected chi connectivity index (χ1v) is 7.70. The Hall–Kier alpha value is -0.810. The van der Waals surface area contributed by atoms with Gasteiger partial charge >= 0.3 is 0 Å². The fraction of sp³-hybridized carbons (Fsp3) is 0.267. The molecule has 1 aromatic heterocycles.